The lowest BCUT2D eigenvalue weighted by molar-refractivity contribution is -0.147. The molecule has 0 aliphatic carbocycles. The molecule has 1 unspecified atom stereocenters. The molecule has 0 heterocycles. The number of Topliss-reactive ketones (excluding diaryl/α,β-unsaturated/α-hetero) is 1. The molecule has 0 saturated heterocycles. The van der Waals surface area contributed by atoms with Crippen LogP contribution in [-0.2, 0) is 4.79 Å². The van der Waals surface area contributed by atoms with Crippen molar-refractivity contribution in [2.24, 2.45) is 0 Å². The molecule has 92 valence electrons. The number of alkyl halides is 1. The molecule has 0 bridgehead atoms. The molecule has 1 aromatic rings. The van der Waals surface area contributed by atoms with Gasteiger partial charge in [0.2, 0.25) is 0 Å². The van der Waals surface area contributed by atoms with Crippen LogP contribution in [0, 0.1) is 0 Å². The summed E-state index contributed by atoms with van der Waals surface area (Å²) in [4.78, 5) is 22.5. The second-order valence-electron chi connectivity index (χ2n) is 3.38. The number of carboxylic acid groups (broad SMARTS) is 1. The predicted molar refractivity (Wildman–Crippen MR) is 69.0 cm³/mol. The number of carboxylic acids is 1. The van der Waals surface area contributed by atoms with Crippen molar-refractivity contribution in [1.29, 1.82) is 0 Å². The fourth-order valence-electron chi connectivity index (χ4n) is 1.31. The highest BCUT2D eigenvalue weighted by atomic mass is 79.9. The van der Waals surface area contributed by atoms with Gasteiger partial charge in [0.05, 0.1) is 0 Å². The average molecular weight is 319 g/mol. The van der Waals surface area contributed by atoms with E-state index in [1.807, 2.05) is 0 Å². The summed E-state index contributed by atoms with van der Waals surface area (Å²) in [6, 6.07) is 4.37. The third kappa shape index (κ3) is 3.55. The maximum atomic E-state index is 11.6. The lowest BCUT2D eigenvalue weighted by Crippen LogP contribution is -2.11. The second kappa shape index (κ2) is 6.18. The molecule has 1 rings (SSSR count). The highest BCUT2D eigenvalue weighted by molar-refractivity contribution is 9.09. The van der Waals surface area contributed by atoms with Crippen LogP contribution in [0.1, 0.15) is 28.4 Å². The zero-order chi connectivity index (χ0) is 13.0. The van der Waals surface area contributed by atoms with Crippen molar-refractivity contribution in [3.05, 3.63) is 29.3 Å². The summed E-state index contributed by atoms with van der Waals surface area (Å²) in [6.45, 7) is 0. The maximum Gasteiger partial charge on any atom is 0.337 e. The summed E-state index contributed by atoms with van der Waals surface area (Å²) >= 11 is 7.24. The number of carbonyl (C=O) groups is 2. The molecular weight excluding hydrogens is 308 g/mol. The van der Waals surface area contributed by atoms with Crippen LogP contribution in [0.15, 0.2) is 23.1 Å². The number of benzene rings is 1. The van der Waals surface area contributed by atoms with E-state index in [0.29, 0.717) is 22.2 Å². The molecule has 1 atom stereocenters. The molecule has 2 N–H and O–H groups in total. The molecule has 4 nitrogen and oxygen atoms in total. The first kappa shape index (κ1) is 14.2. The van der Waals surface area contributed by atoms with Gasteiger partial charge in [0.25, 0.3) is 0 Å². The van der Waals surface area contributed by atoms with Gasteiger partial charge in [0, 0.05) is 27.8 Å². The van der Waals surface area contributed by atoms with E-state index in [2.05, 4.69) is 28.6 Å². The van der Waals surface area contributed by atoms with Crippen molar-refractivity contribution < 1.29 is 19.8 Å². The number of rotatable bonds is 5. The number of ketones is 1. The summed E-state index contributed by atoms with van der Waals surface area (Å²) in [5, 5.41) is 18.6. The van der Waals surface area contributed by atoms with Gasteiger partial charge in [-0.05, 0) is 6.07 Å². The Hall–Kier alpha value is -0.850. The fourth-order valence-corrected chi connectivity index (χ4v) is 2.01. The van der Waals surface area contributed by atoms with E-state index < -0.39 is 12.1 Å². The molecule has 6 heteroatoms. The molecule has 0 aromatic heterocycles. The summed E-state index contributed by atoms with van der Waals surface area (Å²) in [6.07, 6.45) is -1.27. The molecule has 0 fully saturated rings. The highest BCUT2D eigenvalue weighted by Gasteiger charge is 2.19. The van der Waals surface area contributed by atoms with E-state index in [9.17, 15) is 14.7 Å². The fraction of sp³-hybridized carbons (Fsp3) is 0.273. The summed E-state index contributed by atoms with van der Waals surface area (Å²) in [7, 11) is 0. The third-order valence-electron chi connectivity index (χ3n) is 2.20. The molecule has 0 aliphatic heterocycles. The minimum atomic E-state index is -1.62. The standard InChI is InChI=1S/C11H11BrO4S/c12-4-3-8(13)6-1-2-7(9(17)5-6)10(14)11(15)16/h1-2,5,10,14,17H,3-4H2,(H,15,16). The smallest absolute Gasteiger partial charge is 0.337 e. The number of aliphatic hydroxyl groups is 1. The first-order valence-electron chi connectivity index (χ1n) is 4.80. The summed E-state index contributed by atoms with van der Waals surface area (Å²) < 4.78 is 0. The molecule has 17 heavy (non-hydrogen) atoms. The van der Waals surface area contributed by atoms with Gasteiger partial charge in [-0.15, -0.1) is 12.6 Å². The second-order valence-corrected chi connectivity index (χ2v) is 4.65. The zero-order valence-electron chi connectivity index (χ0n) is 8.76. The number of halogens is 1. The average Bonchev–Trinajstić information content (AvgIpc) is 2.28. The monoisotopic (exact) mass is 318 g/mol. The van der Waals surface area contributed by atoms with E-state index in [0.717, 1.165) is 0 Å². The van der Waals surface area contributed by atoms with Crippen molar-refractivity contribution >= 4 is 40.3 Å². The lowest BCUT2D eigenvalue weighted by Gasteiger charge is -2.10. The van der Waals surface area contributed by atoms with Crippen molar-refractivity contribution in [2.45, 2.75) is 17.4 Å². The number of hydrogen-bond donors (Lipinski definition) is 3. The first-order valence-corrected chi connectivity index (χ1v) is 6.37. The molecule has 0 saturated carbocycles. The van der Waals surface area contributed by atoms with Gasteiger partial charge in [-0.2, -0.15) is 0 Å². The quantitative estimate of drug-likeness (QED) is 0.441. The van der Waals surface area contributed by atoms with Crippen LogP contribution in [0.25, 0.3) is 0 Å². The van der Waals surface area contributed by atoms with Gasteiger partial charge in [-0.1, -0.05) is 28.1 Å². The molecule has 0 aliphatic rings. The van der Waals surface area contributed by atoms with Crippen molar-refractivity contribution in [3.63, 3.8) is 0 Å². The van der Waals surface area contributed by atoms with Crippen LogP contribution in [0.5, 0.6) is 0 Å². The third-order valence-corrected chi connectivity index (χ3v) is 2.99. The van der Waals surface area contributed by atoms with E-state index in [1.165, 1.54) is 18.2 Å². The van der Waals surface area contributed by atoms with Crippen molar-refractivity contribution in [3.8, 4) is 0 Å². The van der Waals surface area contributed by atoms with Crippen LogP contribution < -0.4 is 0 Å². The lowest BCUT2D eigenvalue weighted by atomic mass is 10.0. The number of hydrogen-bond acceptors (Lipinski definition) is 4. The minimum Gasteiger partial charge on any atom is -0.479 e. The van der Waals surface area contributed by atoms with Crippen LogP contribution in [-0.4, -0.2) is 27.3 Å². The predicted octanol–water partition coefficient (Wildman–Crippen LogP) is 2.06. The van der Waals surface area contributed by atoms with Crippen molar-refractivity contribution in [1.82, 2.24) is 0 Å². The number of thiol groups is 1. The number of aliphatic hydroxyl groups excluding tert-OH is 1. The highest BCUT2D eigenvalue weighted by Crippen LogP contribution is 2.23. The van der Waals surface area contributed by atoms with Crippen LogP contribution >= 0.6 is 28.6 Å². The largest absolute Gasteiger partial charge is 0.479 e. The Morgan fingerprint density at radius 1 is 1.41 bits per heavy atom. The molecule has 0 spiro atoms. The molecule has 0 radical (unpaired) electrons. The zero-order valence-corrected chi connectivity index (χ0v) is 11.2. The van der Waals surface area contributed by atoms with Crippen LogP contribution in [0.4, 0.5) is 0 Å². The van der Waals surface area contributed by atoms with E-state index in [-0.39, 0.29) is 11.3 Å². The van der Waals surface area contributed by atoms with Gasteiger partial charge in [0.15, 0.2) is 11.9 Å². The van der Waals surface area contributed by atoms with Crippen LogP contribution in [0.3, 0.4) is 0 Å². The molecule has 1 aromatic carbocycles. The SMILES string of the molecule is O=C(CCBr)c1ccc(C(O)C(=O)O)c(S)c1. The molecular formula is C11H11BrO4S. The Balaban J connectivity index is 3.01. The van der Waals surface area contributed by atoms with Gasteiger partial charge in [0.1, 0.15) is 0 Å². The minimum absolute atomic E-state index is 0.0615. The molecule has 0 amide bonds. The Kier molecular flexibility index (Phi) is 5.17. The van der Waals surface area contributed by atoms with Gasteiger partial charge in [-0.3, -0.25) is 4.79 Å². The maximum absolute atomic E-state index is 11.6. The first-order chi connectivity index (χ1) is 7.97. The van der Waals surface area contributed by atoms with Gasteiger partial charge >= 0.3 is 5.97 Å². The Morgan fingerprint density at radius 3 is 2.53 bits per heavy atom. The number of carbonyl (C=O) groups excluding carboxylic acids is 1. The Bertz CT molecular complexity index is 447. The summed E-state index contributed by atoms with van der Waals surface area (Å²) in [5.41, 5.74) is 0.631. The van der Waals surface area contributed by atoms with Gasteiger partial charge in [-0.25, -0.2) is 4.79 Å². The Labute approximate surface area is 112 Å². The van der Waals surface area contributed by atoms with E-state index in [4.69, 9.17) is 5.11 Å². The number of aliphatic carboxylic acids is 1. The van der Waals surface area contributed by atoms with Crippen LogP contribution in [0.2, 0.25) is 0 Å². The normalized spacial score (nSPS) is 12.2. The summed E-state index contributed by atoms with van der Waals surface area (Å²) in [5.74, 6) is -1.41. The van der Waals surface area contributed by atoms with Crippen molar-refractivity contribution in [2.75, 3.05) is 5.33 Å². The van der Waals surface area contributed by atoms with Gasteiger partial charge < -0.3 is 10.2 Å². The Morgan fingerprint density at radius 2 is 2.06 bits per heavy atom. The van der Waals surface area contributed by atoms with E-state index in [1.54, 1.807) is 0 Å². The topological polar surface area (TPSA) is 74.6 Å². The van der Waals surface area contributed by atoms with E-state index >= 15 is 0 Å².